The van der Waals surface area contributed by atoms with E-state index in [0.29, 0.717) is 74.2 Å². The van der Waals surface area contributed by atoms with E-state index in [4.69, 9.17) is 28.0 Å². The number of nitrogens with one attached hydrogen (secondary N) is 18. The lowest BCUT2D eigenvalue weighted by atomic mass is 10.0. The zero-order chi connectivity index (χ0) is 102. The molecule has 0 saturated heterocycles. The van der Waals surface area contributed by atoms with Gasteiger partial charge in [0.05, 0.1) is 105 Å². The van der Waals surface area contributed by atoms with Gasteiger partial charge in [0, 0.05) is 73.5 Å². The maximum Gasteiger partial charge on any atom is 0.328 e. The number of pyridine rings is 2. The Balaban J connectivity index is 0.761. The molecule has 13 rings (SSSR count). The first-order valence-electron chi connectivity index (χ1n) is 44.8. The molecule has 736 valence electrons. The summed E-state index contributed by atoms with van der Waals surface area (Å²) in [7, 11) is 1.01. The van der Waals surface area contributed by atoms with E-state index in [1.54, 1.807) is 97.1 Å². The number of amides is 12. The molecule has 6 heterocycles. The summed E-state index contributed by atoms with van der Waals surface area (Å²) in [6.07, 6.45) is 0.415. The van der Waals surface area contributed by atoms with Crippen LogP contribution in [0.25, 0.3) is 76.3 Å². The first-order valence-corrected chi connectivity index (χ1v) is 44.8. The van der Waals surface area contributed by atoms with Gasteiger partial charge in [-0.1, -0.05) is 109 Å². The van der Waals surface area contributed by atoms with Crippen molar-refractivity contribution in [3.05, 3.63) is 277 Å². The summed E-state index contributed by atoms with van der Waals surface area (Å²) >= 11 is 0. The van der Waals surface area contributed by atoms with Crippen molar-refractivity contribution < 1.29 is 57.5 Å². The Hall–Kier alpha value is -18.4. The van der Waals surface area contributed by atoms with E-state index in [1.807, 2.05) is 4.98 Å². The van der Waals surface area contributed by atoms with Gasteiger partial charge in [0.2, 0.25) is 59.1 Å². The molecule has 7 aromatic carbocycles. The number of benzene rings is 7. The highest BCUT2D eigenvalue weighted by molar-refractivity contribution is 6.18. The highest BCUT2D eigenvalue weighted by Gasteiger charge is 2.37. The monoisotopic (exact) mass is 1940 g/mol. The van der Waals surface area contributed by atoms with Crippen molar-refractivity contribution in [2.45, 2.75) is 120 Å². The second kappa shape index (κ2) is 46.4. The summed E-state index contributed by atoms with van der Waals surface area (Å²) in [5, 5.41) is 47.5. The second-order valence-electron chi connectivity index (χ2n) is 33.1. The fourth-order valence-electron chi connectivity index (χ4n) is 16.1. The minimum Gasteiger partial charge on any atom is -0.370 e. The second-order valence-corrected chi connectivity index (χ2v) is 33.1. The molecule has 0 radical (unpaired) electrons. The summed E-state index contributed by atoms with van der Waals surface area (Å²) in [5.41, 5.74) is 10.8. The summed E-state index contributed by atoms with van der Waals surface area (Å²) in [6.45, 7) is -6.75. The van der Waals surface area contributed by atoms with Gasteiger partial charge in [-0.3, -0.25) is 111 Å². The summed E-state index contributed by atoms with van der Waals surface area (Å²) in [5.74, 6) is -13.8. The molecule has 6 aromatic heterocycles. The fraction of sp³-hybridized carbons (Fsp3) is 0.277. The number of hydrogen-bond acceptors (Lipinski definition) is 24. The van der Waals surface area contributed by atoms with Gasteiger partial charge in [-0.15, -0.1) is 0 Å². The van der Waals surface area contributed by atoms with Crippen molar-refractivity contribution in [1.82, 2.24) is 117 Å². The molecule has 0 unspecified atom stereocenters. The Morgan fingerprint density at radius 3 is 1.14 bits per heavy atom. The molecule has 0 fully saturated rings. The number of likely N-dealkylation sites (N-methyl/N-ethyl adjacent to an activating group) is 1. The van der Waals surface area contributed by atoms with Gasteiger partial charge in [0.1, 0.15) is 42.3 Å². The average molecular weight is 1940 g/mol. The molecule has 0 bridgehead atoms. The number of guanidine groups is 2. The minimum atomic E-state index is -2.40. The third-order valence-electron chi connectivity index (χ3n) is 23.2. The van der Waals surface area contributed by atoms with E-state index >= 15 is 19.2 Å². The predicted octanol–water partition coefficient (Wildman–Crippen LogP) is -3.55. The molecule has 7 atom stereocenters. The van der Waals surface area contributed by atoms with Crippen LogP contribution >= 0.6 is 0 Å². The van der Waals surface area contributed by atoms with Crippen molar-refractivity contribution in [2.24, 2.45) is 17.2 Å². The number of carbonyl (C=O) groups is 12. The first kappa shape index (κ1) is 101. The fourth-order valence-corrected chi connectivity index (χ4v) is 16.1. The van der Waals surface area contributed by atoms with Crippen LogP contribution in [-0.4, -0.2) is 224 Å². The first-order chi connectivity index (χ1) is 68.2. The molecular formula is C94H100N28O20. The molecule has 48 heteroatoms. The van der Waals surface area contributed by atoms with Crippen molar-refractivity contribution in [2.75, 3.05) is 46.3 Å². The number of unbranched alkanes of at least 4 members (excludes halogenated alkanes) is 1. The van der Waals surface area contributed by atoms with Gasteiger partial charge in [0.25, 0.3) is 34.1 Å². The summed E-state index contributed by atoms with van der Waals surface area (Å²) in [4.78, 5) is 306. The highest BCUT2D eigenvalue weighted by Crippen LogP contribution is 2.28. The van der Waals surface area contributed by atoms with Crippen molar-refractivity contribution in [3.63, 3.8) is 0 Å². The van der Waals surface area contributed by atoms with E-state index < -0.39 is 216 Å². The van der Waals surface area contributed by atoms with Crippen LogP contribution in [0.5, 0.6) is 0 Å². The van der Waals surface area contributed by atoms with Crippen LogP contribution in [0.15, 0.2) is 220 Å². The zero-order valence-corrected chi connectivity index (χ0v) is 76.1. The summed E-state index contributed by atoms with van der Waals surface area (Å²) in [6, 6.07) is 32.1. The Morgan fingerprint density at radius 1 is 0.352 bits per heavy atom. The quantitative estimate of drug-likeness (QED) is 0.00761. The predicted molar refractivity (Wildman–Crippen MR) is 521 cm³/mol. The van der Waals surface area contributed by atoms with Gasteiger partial charge in [0.15, 0.2) is 11.9 Å². The normalized spacial score (nSPS) is 12.7. The molecule has 12 amide bonds. The minimum absolute atomic E-state index is 0.00466. The van der Waals surface area contributed by atoms with Crippen LogP contribution < -0.4 is 126 Å². The van der Waals surface area contributed by atoms with Crippen LogP contribution in [-0.2, 0) is 74.1 Å². The number of carbonyl (C=O) groups excluding carboxylic acids is 12. The summed E-state index contributed by atoms with van der Waals surface area (Å²) < 4.78 is 2.20. The maximum atomic E-state index is 15.8. The number of aromatic nitrogens is 10. The molecule has 0 saturated carbocycles. The van der Waals surface area contributed by atoms with Crippen molar-refractivity contribution >= 4 is 159 Å². The molecule has 0 aliphatic carbocycles. The van der Waals surface area contributed by atoms with Gasteiger partial charge in [-0.05, 0) is 106 Å². The van der Waals surface area contributed by atoms with Crippen LogP contribution in [0.4, 0.5) is 0 Å². The number of rotatable bonds is 44. The van der Waals surface area contributed by atoms with Crippen LogP contribution in [0.1, 0.15) is 72.1 Å². The third-order valence-corrected chi connectivity index (χ3v) is 23.2. The van der Waals surface area contributed by atoms with E-state index in [2.05, 4.69) is 88.7 Å². The number of fused-ring (bicyclic) bond motifs is 7. The van der Waals surface area contributed by atoms with Crippen LogP contribution in [0.2, 0.25) is 0 Å². The molecule has 0 aliphatic heterocycles. The number of H-pyrrole nitrogens is 4. The lowest BCUT2D eigenvalue weighted by Crippen LogP contribution is -2.62. The highest BCUT2D eigenvalue weighted by atomic mass is 16.2. The SMILES string of the molecule is CN(CC(=O)N[C@H](Cn1c(=O)[nH]c2ccccc2c1=O)C(=O)N[C@H](Cn1c(=O)[nH]c2ccccc2c1=O)C(=O)N[C@H](Cn1c(=O)[nH]c2ccccc2c1=O)C(=O)N[C@@H](CCCNC(=N)N)C(=O)NCCC(=O)N[C@@H](CCCCNC(=O)c1c2ccccc2nc2ccccc12)C(N)=O)C(=O)[C@@H](Cn1ccc(=O)[nH]c1=O)NC(=O)[C@H](CCCNC(=N)N)NC(=O)CNC(=O)c1c2ccccc2nc2ccccc12. The maximum absolute atomic E-state index is 15.8. The van der Waals surface area contributed by atoms with Crippen LogP contribution in [0.3, 0.4) is 0 Å². The number of primary amides is 1. The Bertz CT molecular complexity index is 7570. The van der Waals surface area contributed by atoms with Crippen molar-refractivity contribution in [1.29, 1.82) is 10.8 Å². The number of aromatic amines is 4. The zero-order valence-electron chi connectivity index (χ0n) is 76.1. The van der Waals surface area contributed by atoms with E-state index in [9.17, 15) is 76.7 Å². The average Bonchev–Trinajstić information content (AvgIpc) is 0.781. The Kier molecular flexibility index (Phi) is 33.0. The smallest absolute Gasteiger partial charge is 0.328 e. The topological polar surface area (TPSA) is 723 Å². The Morgan fingerprint density at radius 2 is 0.711 bits per heavy atom. The molecule has 13 aromatic rings. The molecular weight excluding hydrogens is 1840 g/mol. The number of nitrogens with zero attached hydrogens (tertiary/aromatic N) is 7. The number of hydrogen-bond donors (Lipinski definition) is 21. The van der Waals surface area contributed by atoms with Gasteiger partial charge in [-0.25, -0.2) is 29.1 Å². The number of nitrogens with two attached hydrogens (primary N) is 3. The van der Waals surface area contributed by atoms with Crippen LogP contribution in [0, 0.1) is 10.8 Å². The molecule has 24 N–H and O–H groups in total. The Labute approximate surface area is 800 Å². The largest absolute Gasteiger partial charge is 0.370 e. The number of para-hydroxylation sites is 7. The molecule has 142 heavy (non-hydrogen) atoms. The van der Waals surface area contributed by atoms with Gasteiger partial charge in [-0.2, -0.15) is 0 Å². The van der Waals surface area contributed by atoms with Gasteiger partial charge >= 0.3 is 22.8 Å². The standard InChI is InChI=1S/C94H100N28O20/c1-118(88(138)70(45-119-43-38-72(124)117-91(119)139)113-79(129)66(36-19-41-103-90(98)99)108-73(125)44-104-84(134)76-52-22-4-11-29-59(52)106-60-30-12-5-23-53(60)76)49-74(126)109-67(46-120-85(135)54-24-6-13-31-61(54)114-92(120)140)80(130)111-69(48-122-87(137)56-26-8-15-33-63(56)116-94(122)142)82(132)112-68(47-121-86(136)55-25-7-14-32-62(55)115-93(121)141)81(131)110-65(35-18-40-102-89(96)97)78(128)101-42-37-71(123)107-64(77(95)127)34-16-17-39-100-83(133)75-50-20-2-9-27-57(50)105-58-28-10-3-21-51(58)75/h2-15,20-33,38,43,64-70H,16-19,34-37,39-42,44-49H2,1H3,(H2,95,127)(H,100,133)(H,101,128)(H,104,134)(H,107,123)(H,108,125)(H,109,126)(H,110,131)(H,111,130)(H,112,132)(H,113,129)(H,114,140)(H,115,141)(H,116,142)(H4,96,97,102)(H4,98,99,103)(H,117,124,139)/t64-,65-,66-,67+,68+,69+,70+/m0/s1. The molecule has 48 nitrogen and oxygen atoms in total. The van der Waals surface area contributed by atoms with E-state index in [0.717, 1.165) is 23.9 Å². The van der Waals surface area contributed by atoms with Crippen molar-refractivity contribution in [3.8, 4) is 0 Å². The lowest BCUT2D eigenvalue weighted by Gasteiger charge is -2.28. The lowest BCUT2D eigenvalue weighted by molar-refractivity contribution is -0.140. The van der Waals surface area contributed by atoms with E-state index in [1.165, 1.54) is 72.8 Å². The third kappa shape index (κ3) is 25.2. The van der Waals surface area contributed by atoms with Gasteiger partial charge < -0.3 is 101 Å². The molecule has 0 spiro atoms. The van der Waals surface area contributed by atoms with E-state index in [-0.39, 0.29) is 102 Å². The molecule has 0 aliphatic rings.